The van der Waals surface area contributed by atoms with Crippen LogP contribution in [0.2, 0.25) is 0 Å². The number of benzene rings is 2. The van der Waals surface area contributed by atoms with Crippen LogP contribution in [-0.2, 0) is 20.9 Å². The Morgan fingerprint density at radius 2 is 1.59 bits per heavy atom. The fourth-order valence-corrected chi connectivity index (χ4v) is 3.14. The zero-order valence-corrected chi connectivity index (χ0v) is 16.5. The number of nitrogens with zero attached hydrogens (tertiary/aromatic N) is 2. The summed E-state index contributed by atoms with van der Waals surface area (Å²) in [5.74, 6) is -0.836. The van der Waals surface area contributed by atoms with Crippen molar-refractivity contribution in [3.63, 3.8) is 0 Å². The van der Waals surface area contributed by atoms with Crippen molar-refractivity contribution < 1.29 is 19.1 Å². The van der Waals surface area contributed by atoms with Gasteiger partial charge in [0.05, 0.1) is 5.56 Å². The summed E-state index contributed by atoms with van der Waals surface area (Å²) < 4.78 is 5.18. The van der Waals surface area contributed by atoms with E-state index in [1.165, 1.54) is 6.92 Å². The molecule has 0 radical (unpaired) electrons. The maximum Gasteiger partial charge on any atom is 0.338 e. The molecule has 0 aliphatic carbocycles. The number of ether oxygens (including phenoxy) is 1. The second-order valence-electron chi connectivity index (χ2n) is 6.89. The Balaban J connectivity index is 1.43. The Kier molecular flexibility index (Phi) is 6.84. The van der Waals surface area contributed by atoms with Crippen LogP contribution in [0, 0.1) is 0 Å². The highest BCUT2D eigenvalue weighted by Gasteiger charge is 2.22. The number of amides is 2. The minimum absolute atomic E-state index is 0.114. The van der Waals surface area contributed by atoms with Crippen LogP contribution in [-0.4, -0.2) is 55.5 Å². The zero-order valence-electron chi connectivity index (χ0n) is 16.5. The smallest absolute Gasteiger partial charge is 0.338 e. The predicted molar refractivity (Wildman–Crippen MR) is 109 cm³/mol. The molecule has 29 heavy (non-hydrogen) atoms. The summed E-state index contributed by atoms with van der Waals surface area (Å²) in [6.07, 6.45) is 0. The van der Waals surface area contributed by atoms with E-state index in [0.717, 1.165) is 24.3 Å². The molecule has 0 bridgehead atoms. The van der Waals surface area contributed by atoms with E-state index in [-0.39, 0.29) is 18.4 Å². The number of hydrogen-bond donors (Lipinski definition) is 1. The molecule has 2 aromatic rings. The van der Waals surface area contributed by atoms with Crippen LogP contribution < -0.4 is 10.2 Å². The van der Waals surface area contributed by atoms with E-state index in [1.54, 1.807) is 29.2 Å². The molecule has 1 aliphatic heterocycles. The molecular formula is C22H25N3O4. The number of para-hydroxylation sites is 1. The van der Waals surface area contributed by atoms with Gasteiger partial charge in [0, 0.05) is 45.3 Å². The number of esters is 1. The number of nitrogens with one attached hydrogen (secondary N) is 1. The fourth-order valence-electron chi connectivity index (χ4n) is 3.14. The van der Waals surface area contributed by atoms with Gasteiger partial charge in [-0.25, -0.2) is 4.79 Å². The molecule has 0 aromatic heterocycles. The van der Waals surface area contributed by atoms with Crippen LogP contribution in [0.3, 0.4) is 0 Å². The van der Waals surface area contributed by atoms with E-state index in [1.807, 2.05) is 18.2 Å². The monoisotopic (exact) mass is 395 g/mol. The molecule has 1 saturated heterocycles. The zero-order chi connectivity index (χ0) is 20.6. The molecule has 0 saturated carbocycles. The van der Waals surface area contributed by atoms with Crippen molar-refractivity contribution in [2.45, 2.75) is 13.5 Å². The average Bonchev–Trinajstić information content (AvgIpc) is 2.77. The maximum absolute atomic E-state index is 12.4. The van der Waals surface area contributed by atoms with Gasteiger partial charge in [0.2, 0.25) is 5.91 Å². The van der Waals surface area contributed by atoms with E-state index < -0.39 is 5.97 Å². The highest BCUT2D eigenvalue weighted by atomic mass is 16.5. The molecule has 152 valence electrons. The number of carbonyl (C=O) groups excluding carboxylic acids is 3. The molecule has 7 nitrogen and oxygen atoms in total. The molecule has 1 N–H and O–H groups in total. The Bertz CT molecular complexity index is 844. The van der Waals surface area contributed by atoms with Gasteiger partial charge in [-0.05, 0) is 29.8 Å². The van der Waals surface area contributed by atoms with Gasteiger partial charge in [-0.3, -0.25) is 9.59 Å². The van der Waals surface area contributed by atoms with Crippen LogP contribution >= 0.6 is 0 Å². The number of carbonyl (C=O) groups is 3. The summed E-state index contributed by atoms with van der Waals surface area (Å²) >= 11 is 0. The molecule has 2 amide bonds. The van der Waals surface area contributed by atoms with E-state index in [4.69, 9.17) is 4.74 Å². The first-order chi connectivity index (χ1) is 14.0. The third kappa shape index (κ3) is 5.81. The Morgan fingerprint density at radius 1 is 0.931 bits per heavy atom. The summed E-state index contributed by atoms with van der Waals surface area (Å²) in [5.41, 5.74) is 2.40. The van der Waals surface area contributed by atoms with E-state index in [2.05, 4.69) is 22.3 Å². The van der Waals surface area contributed by atoms with Crippen LogP contribution in [0.25, 0.3) is 0 Å². The van der Waals surface area contributed by atoms with Gasteiger partial charge >= 0.3 is 5.97 Å². The van der Waals surface area contributed by atoms with Gasteiger partial charge in [-0.2, -0.15) is 0 Å². The molecule has 7 heteroatoms. The van der Waals surface area contributed by atoms with Crippen molar-refractivity contribution in [1.29, 1.82) is 0 Å². The molecule has 1 fully saturated rings. The molecule has 0 unspecified atom stereocenters. The van der Waals surface area contributed by atoms with Gasteiger partial charge < -0.3 is 19.9 Å². The van der Waals surface area contributed by atoms with Crippen molar-refractivity contribution in [3.8, 4) is 0 Å². The normalized spacial score (nSPS) is 13.7. The highest BCUT2D eigenvalue weighted by molar-refractivity contribution is 5.91. The summed E-state index contributed by atoms with van der Waals surface area (Å²) in [6.45, 7) is 4.28. The van der Waals surface area contributed by atoms with Gasteiger partial charge in [0.1, 0.15) is 0 Å². The Morgan fingerprint density at radius 3 is 2.21 bits per heavy atom. The summed E-state index contributed by atoms with van der Waals surface area (Å²) in [6, 6.07) is 16.8. The minimum Gasteiger partial charge on any atom is -0.452 e. The van der Waals surface area contributed by atoms with Crippen LogP contribution in [0.15, 0.2) is 54.6 Å². The quantitative estimate of drug-likeness (QED) is 0.755. The van der Waals surface area contributed by atoms with E-state index >= 15 is 0 Å². The first-order valence-electron chi connectivity index (χ1n) is 9.61. The standard InChI is InChI=1S/C22H25N3O4/c1-17(26)23-15-18-7-9-19(10-8-18)22(28)29-16-21(27)25-13-11-24(12-14-25)20-5-3-2-4-6-20/h2-10H,11-16H2,1H3,(H,23,26). The molecule has 1 heterocycles. The fraction of sp³-hybridized carbons (Fsp3) is 0.318. The van der Waals surface area contributed by atoms with E-state index in [9.17, 15) is 14.4 Å². The number of anilines is 1. The third-order valence-electron chi connectivity index (χ3n) is 4.81. The van der Waals surface area contributed by atoms with Crippen molar-refractivity contribution >= 4 is 23.5 Å². The topological polar surface area (TPSA) is 78.9 Å². The van der Waals surface area contributed by atoms with Crippen LogP contribution in [0.4, 0.5) is 5.69 Å². The van der Waals surface area contributed by atoms with Gasteiger partial charge in [0.15, 0.2) is 6.61 Å². The average molecular weight is 395 g/mol. The second kappa shape index (κ2) is 9.73. The first-order valence-corrected chi connectivity index (χ1v) is 9.61. The lowest BCUT2D eigenvalue weighted by Crippen LogP contribution is -2.49. The molecule has 2 aromatic carbocycles. The lowest BCUT2D eigenvalue weighted by molar-refractivity contribution is -0.134. The van der Waals surface area contributed by atoms with Crippen LogP contribution in [0.1, 0.15) is 22.8 Å². The highest BCUT2D eigenvalue weighted by Crippen LogP contribution is 2.15. The molecule has 1 aliphatic rings. The van der Waals surface area contributed by atoms with E-state index in [0.29, 0.717) is 25.2 Å². The van der Waals surface area contributed by atoms with Gasteiger partial charge in [-0.15, -0.1) is 0 Å². The van der Waals surface area contributed by atoms with Crippen molar-refractivity contribution in [2.75, 3.05) is 37.7 Å². The summed E-state index contributed by atoms with van der Waals surface area (Å²) in [7, 11) is 0. The number of rotatable bonds is 6. The third-order valence-corrected chi connectivity index (χ3v) is 4.81. The number of hydrogen-bond acceptors (Lipinski definition) is 5. The lowest BCUT2D eigenvalue weighted by atomic mass is 10.1. The molecule has 3 rings (SSSR count). The lowest BCUT2D eigenvalue weighted by Gasteiger charge is -2.36. The van der Waals surface area contributed by atoms with Gasteiger partial charge in [0.25, 0.3) is 5.91 Å². The maximum atomic E-state index is 12.4. The Hall–Kier alpha value is -3.35. The van der Waals surface area contributed by atoms with Gasteiger partial charge in [-0.1, -0.05) is 30.3 Å². The SMILES string of the molecule is CC(=O)NCc1ccc(C(=O)OCC(=O)N2CCN(c3ccccc3)CC2)cc1. The Labute approximate surface area is 170 Å². The minimum atomic E-state index is -0.535. The predicted octanol–water partition coefficient (Wildman–Crippen LogP) is 1.83. The van der Waals surface area contributed by atoms with Crippen LogP contribution in [0.5, 0.6) is 0 Å². The molecule has 0 spiro atoms. The molecular weight excluding hydrogens is 370 g/mol. The summed E-state index contributed by atoms with van der Waals surface area (Å²) in [4.78, 5) is 39.4. The van der Waals surface area contributed by atoms with Crippen molar-refractivity contribution in [1.82, 2.24) is 10.2 Å². The van der Waals surface area contributed by atoms with Crippen molar-refractivity contribution in [3.05, 3.63) is 65.7 Å². The second-order valence-corrected chi connectivity index (χ2v) is 6.89. The molecule has 0 atom stereocenters. The number of piperazine rings is 1. The largest absolute Gasteiger partial charge is 0.452 e. The van der Waals surface area contributed by atoms with Crippen molar-refractivity contribution in [2.24, 2.45) is 0 Å². The summed E-state index contributed by atoms with van der Waals surface area (Å²) in [5, 5.41) is 2.69. The first kappa shape index (κ1) is 20.4.